The molecule has 0 aliphatic heterocycles. The van der Waals surface area contributed by atoms with Crippen LogP contribution in [0, 0.1) is 0 Å². The topological polar surface area (TPSA) is 69.6 Å². The number of sulfonamides is 1. The molecule has 5 nitrogen and oxygen atoms in total. The Morgan fingerprint density at radius 2 is 1.89 bits per heavy atom. The van der Waals surface area contributed by atoms with E-state index in [4.69, 9.17) is 0 Å². The number of hydrogen-bond acceptors (Lipinski definition) is 4. The van der Waals surface area contributed by atoms with Gasteiger partial charge < -0.3 is 10.4 Å². The highest BCUT2D eigenvalue weighted by Gasteiger charge is 2.20. The van der Waals surface area contributed by atoms with E-state index in [2.05, 4.69) is 5.32 Å². The highest BCUT2D eigenvalue weighted by molar-refractivity contribution is 7.89. The van der Waals surface area contributed by atoms with Crippen molar-refractivity contribution in [3.8, 4) is 0 Å². The van der Waals surface area contributed by atoms with Crippen LogP contribution in [0.25, 0.3) is 0 Å². The molecule has 0 bridgehead atoms. The van der Waals surface area contributed by atoms with E-state index in [1.54, 1.807) is 38.2 Å². The summed E-state index contributed by atoms with van der Waals surface area (Å²) in [6, 6.07) is 6.57. The quantitative estimate of drug-likeness (QED) is 0.814. The molecule has 18 heavy (non-hydrogen) atoms. The van der Waals surface area contributed by atoms with Gasteiger partial charge in [-0.15, -0.1) is 0 Å². The Hall–Kier alpha value is -1.11. The Balaban J connectivity index is 2.84. The van der Waals surface area contributed by atoms with Crippen LogP contribution in [-0.2, 0) is 10.0 Å². The summed E-state index contributed by atoms with van der Waals surface area (Å²) in [5, 5.41) is 12.1. The smallest absolute Gasteiger partial charge is 0.242 e. The number of benzene rings is 1. The van der Waals surface area contributed by atoms with Gasteiger partial charge >= 0.3 is 0 Å². The van der Waals surface area contributed by atoms with E-state index in [0.717, 1.165) is 5.69 Å². The predicted octanol–water partition coefficient (Wildman–Crippen LogP) is 1.12. The Morgan fingerprint density at radius 3 is 2.33 bits per heavy atom. The Labute approximate surface area is 108 Å². The zero-order valence-electron chi connectivity index (χ0n) is 10.9. The molecule has 1 aromatic carbocycles. The summed E-state index contributed by atoms with van der Waals surface area (Å²) in [7, 11) is -0.172. The fourth-order valence-corrected chi connectivity index (χ4v) is 2.65. The van der Waals surface area contributed by atoms with Crippen molar-refractivity contribution in [1.29, 1.82) is 0 Å². The molecule has 0 heterocycles. The summed E-state index contributed by atoms with van der Waals surface area (Å²) < 4.78 is 25.6. The summed E-state index contributed by atoms with van der Waals surface area (Å²) >= 11 is 0. The van der Waals surface area contributed by atoms with Crippen LogP contribution in [0.4, 0.5) is 5.69 Å². The summed E-state index contributed by atoms with van der Waals surface area (Å²) in [5.41, 5.74) is 0.862. The third-order valence-electron chi connectivity index (χ3n) is 2.71. The molecule has 102 valence electrons. The second-order valence-corrected chi connectivity index (χ2v) is 6.28. The highest BCUT2D eigenvalue weighted by Crippen LogP contribution is 2.17. The maximum Gasteiger partial charge on any atom is 0.242 e. The van der Waals surface area contributed by atoms with E-state index in [1.807, 2.05) is 0 Å². The maximum absolute atomic E-state index is 12.2. The molecule has 0 aliphatic carbocycles. The van der Waals surface area contributed by atoms with Gasteiger partial charge in [0.15, 0.2) is 0 Å². The number of nitrogens with zero attached hydrogens (tertiary/aromatic N) is 1. The Kier molecular flexibility index (Phi) is 5.13. The van der Waals surface area contributed by atoms with Crippen LogP contribution in [0.2, 0.25) is 0 Å². The van der Waals surface area contributed by atoms with Crippen molar-refractivity contribution >= 4 is 15.7 Å². The van der Waals surface area contributed by atoms with E-state index in [-0.39, 0.29) is 4.90 Å². The first-order valence-corrected chi connectivity index (χ1v) is 7.24. The van der Waals surface area contributed by atoms with Crippen LogP contribution in [0.3, 0.4) is 0 Å². The van der Waals surface area contributed by atoms with E-state index in [0.29, 0.717) is 13.0 Å². The highest BCUT2D eigenvalue weighted by atomic mass is 32.2. The normalized spacial score (nSPS) is 13.6. The van der Waals surface area contributed by atoms with Crippen molar-refractivity contribution < 1.29 is 13.5 Å². The average Bonchev–Trinajstić information content (AvgIpc) is 2.35. The first kappa shape index (κ1) is 14.9. The Morgan fingerprint density at radius 1 is 1.33 bits per heavy atom. The van der Waals surface area contributed by atoms with Gasteiger partial charge in [-0.1, -0.05) is 0 Å². The molecule has 0 fully saturated rings. The lowest BCUT2D eigenvalue weighted by Crippen LogP contribution is -2.29. The van der Waals surface area contributed by atoms with Gasteiger partial charge in [-0.25, -0.2) is 12.7 Å². The number of aliphatic hydroxyl groups is 1. The van der Waals surface area contributed by atoms with Crippen LogP contribution in [0.5, 0.6) is 0 Å². The standard InChI is InChI=1S/C12H20N2O3S/c1-10(15)8-9-14(3)18(16,17)12-6-4-11(13-2)5-7-12/h4-7,10,13,15H,8-9H2,1-3H3. The molecule has 0 radical (unpaired) electrons. The van der Waals surface area contributed by atoms with Gasteiger partial charge in [-0.05, 0) is 37.6 Å². The van der Waals surface area contributed by atoms with Crippen molar-refractivity contribution in [2.24, 2.45) is 0 Å². The fraction of sp³-hybridized carbons (Fsp3) is 0.500. The summed E-state index contributed by atoms with van der Waals surface area (Å²) in [6.07, 6.45) is -0.0843. The van der Waals surface area contributed by atoms with Gasteiger partial charge in [0.25, 0.3) is 0 Å². The molecule has 1 aromatic rings. The lowest BCUT2D eigenvalue weighted by molar-refractivity contribution is 0.177. The monoisotopic (exact) mass is 272 g/mol. The minimum absolute atomic E-state index is 0.259. The molecular weight excluding hydrogens is 252 g/mol. The number of rotatable bonds is 6. The van der Waals surface area contributed by atoms with Gasteiger partial charge in [-0.3, -0.25) is 0 Å². The largest absolute Gasteiger partial charge is 0.393 e. The number of anilines is 1. The molecule has 2 N–H and O–H groups in total. The number of aliphatic hydroxyl groups excluding tert-OH is 1. The molecule has 0 saturated heterocycles. The van der Waals surface area contributed by atoms with Gasteiger partial charge in [0, 0.05) is 26.3 Å². The lowest BCUT2D eigenvalue weighted by Gasteiger charge is -2.18. The molecule has 0 aliphatic rings. The molecule has 0 amide bonds. The van der Waals surface area contributed by atoms with Gasteiger partial charge in [-0.2, -0.15) is 0 Å². The minimum atomic E-state index is -3.47. The third kappa shape index (κ3) is 3.69. The van der Waals surface area contributed by atoms with Crippen LogP contribution in [0.1, 0.15) is 13.3 Å². The van der Waals surface area contributed by atoms with Crippen molar-refractivity contribution in [1.82, 2.24) is 4.31 Å². The van der Waals surface area contributed by atoms with Crippen LogP contribution < -0.4 is 5.32 Å². The first-order chi connectivity index (χ1) is 8.37. The third-order valence-corrected chi connectivity index (χ3v) is 4.58. The summed E-state index contributed by atoms with van der Waals surface area (Å²) in [4.78, 5) is 0.259. The second kappa shape index (κ2) is 6.17. The summed E-state index contributed by atoms with van der Waals surface area (Å²) in [5.74, 6) is 0. The molecule has 6 heteroatoms. The van der Waals surface area contributed by atoms with Crippen LogP contribution in [-0.4, -0.2) is 44.6 Å². The molecule has 1 unspecified atom stereocenters. The van der Waals surface area contributed by atoms with Gasteiger partial charge in [0.05, 0.1) is 11.0 Å². The molecule has 0 spiro atoms. The molecule has 0 saturated carbocycles. The minimum Gasteiger partial charge on any atom is -0.393 e. The first-order valence-electron chi connectivity index (χ1n) is 5.80. The average molecular weight is 272 g/mol. The van der Waals surface area contributed by atoms with Gasteiger partial charge in [0.1, 0.15) is 0 Å². The maximum atomic E-state index is 12.2. The molecule has 0 aromatic heterocycles. The summed E-state index contributed by atoms with van der Waals surface area (Å²) in [6.45, 7) is 1.94. The molecule has 1 rings (SSSR count). The SMILES string of the molecule is CNc1ccc(S(=O)(=O)N(C)CCC(C)O)cc1. The zero-order valence-corrected chi connectivity index (χ0v) is 11.7. The number of nitrogens with one attached hydrogen (secondary N) is 1. The van der Waals surface area contributed by atoms with Gasteiger partial charge in [0.2, 0.25) is 10.0 Å². The molecular formula is C12H20N2O3S. The van der Waals surface area contributed by atoms with E-state index >= 15 is 0 Å². The van der Waals surface area contributed by atoms with Crippen LogP contribution in [0.15, 0.2) is 29.2 Å². The van der Waals surface area contributed by atoms with E-state index in [9.17, 15) is 13.5 Å². The molecule has 1 atom stereocenters. The lowest BCUT2D eigenvalue weighted by atomic mass is 10.3. The van der Waals surface area contributed by atoms with Crippen molar-refractivity contribution in [2.75, 3.05) is 26.0 Å². The van der Waals surface area contributed by atoms with Crippen molar-refractivity contribution in [3.05, 3.63) is 24.3 Å². The second-order valence-electron chi connectivity index (χ2n) is 4.24. The number of hydrogen-bond donors (Lipinski definition) is 2. The van der Waals surface area contributed by atoms with E-state index < -0.39 is 16.1 Å². The Bertz CT molecular complexity index is 469. The van der Waals surface area contributed by atoms with Crippen molar-refractivity contribution in [3.63, 3.8) is 0 Å². The van der Waals surface area contributed by atoms with Crippen molar-refractivity contribution in [2.45, 2.75) is 24.3 Å². The zero-order chi connectivity index (χ0) is 13.8. The van der Waals surface area contributed by atoms with Crippen LogP contribution >= 0.6 is 0 Å². The predicted molar refractivity (Wildman–Crippen MR) is 72.1 cm³/mol. The fourth-order valence-electron chi connectivity index (χ4n) is 1.46. The van der Waals surface area contributed by atoms with E-state index in [1.165, 1.54) is 11.4 Å².